The zero-order valence-corrected chi connectivity index (χ0v) is 8.02. The first-order valence-corrected chi connectivity index (χ1v) is 4.22. The quantitative estimate of drug-likeness (QED) is 0.609. The second-order valence-corrected chi connectivity index (χ2v) is 2.84. The van der Waals surface area contributed by atoms with Gasteiger partial charge in [-0.15, -0.1) is 0 Å². The van der Waals surface area contributed by atoms with Gasteiger partial charge in [0.05, 0.1) is 0 Å². The highest BCUT2D eigenvalue weighted by Crippen LogP contribution is 2.04. The Morgan fingerprint density at radius 3 is 2.38 bits per heavy atom. The molecular weight excluding hydrogens is 176 g/mol. The number of carbonyl (C=O) groups excluding carboxylic acids is 1. The number of nitrogens with zero attached hydrogens (tertiary/aromatic N) is 1. The number of amides is 1. The van der Waals surface area contributed by atoms with Crippen LogP contribution in [0.15, 0.2) is 12.2 Å². The summed E-state index contributed by atoms with van der Waals surface area (Å²) < 4.78 is 23.7. The third-order valence-corrected chi connectivity index (χ3v) is 1.65. The van der Waals surface area contributed by atoms with Crippen molar-refractivity contribution in [2.24, 2.45) is 0 Å². The Labute approximate surface area is 77.2 Å². The van der Waals surface area contributed by atoms with Crippen molar-refractivity contribution in [3.8, 4) is 0 Å². The van der Waals surface area contributed by atoms with Gasteiger partial charge in [-0.1, -0.05) is 6.58 Å². The molecule has 0 aliphatic carbocycles. The average molecular weight is 191 g/mol. The highest BCUT2D eigenvalue weighted by Gasteiger charge is 2.13. The normalized spacial score (nSPS) is 10.2. The molecule has 76 valence electrons. The van der Waals surface area contributed by atoms with Gasteiger partial charge in [0.2, 0.25) is 12.3 Å². The van der Waals surface area contributed by atoms with Crippen LogP contribution in [0.2, 0.25) is 0 Å². The van der Waals surface area contributed by atoms with E-state index in [1.807, 2.05) is 0 Å². The first-order valence-electron chi connectivity index (χ1n) is 4.22. The van der Waals surface area contributed by atoms with Gasteiger partial charge in [0.1, 0.15) is 0 Å². The van der Waals surface area contributed by atoms with Gasteiger partial charge in [0, 0.05) is 25.1 Å². The standard InChI is InChI=1S/C9H15F2NO/c1-4-12(6-5-8(10)11)9(13)7(2)3/h8H,2,4-6H2,1,3H3. The summed E-state index contributed by atoms with van der Waals surface area (Å²) in [6, 6.07) is 0. The van der Waals surface area contributed by atoms with Crippen LogP contribution < -0.4 is 0 Å². The highest BCUT2D eigenvalue weighted by molar-refractivity contribution is 5.92. The molecule has 4 heteroatoms. The number of likely N-dealkylation sites (N-methyl/N-ethyl adjacent to an activating group) is 1. The minimum Gasteiger partial charge on any atom is -0.339 e. The van der Waals surface area contributed by atoms with Crippen LogP contribution in [0, 0.1) is 0 Å². The van der Waals surface area contributed by atoms with Crippen molar-refractivity contribution < 1.29 is 13.6 Å². The topological polar surface area (TPSA) is 20.3 Å². The lowest BCUT2D eigenvalue weighted by Gasteiger charge is -2.20. The molecule has 0 rings (SSSR count). The first kappa shape index (κ1) is 12.1. The Morgan fingerprint density at radius 2 is 2.08 bits per heavy atom. The average Bonchev–Trinajstić information content (AvgIpc) is 2.04. The van der Waals surface area contributed by atoms with E-state index >= 15 is 0 Å². The van der Waals surface area contributed by atoms with Crippen molar-refractivity contribution in [3.05, 3.63) is 12.2 Å². The Morgan fingerprint density at radius 1 is 1.54 bits per heavy atom. The van der Waals surface area contributed by atoms with Crippen LogP contribution >= 0.6 is 0 Å². The Balaban J connectivity index is 4.03. The summed E-state index contributed by atoms with van der Waals surface area (Å²) in [7, 11) is 0. The summed E-state index contributed by atoms with van der Waals surface area (Å²) >= 11 is 0. The molecule has 0 aliphatic rings. The maximum Gasteiger partial charge on any atom is 0.248 e. The van der Waals surface area contributed by atoms with Crippen LogP contribution in [0.3, 0.4) is 0 Å². The van der Waals surface area contributed by atoms with Crippen LogP contribution in [0.1, 0.15) is 20.3 Å². The Kier molecular flexibility index (Phi) is 5.26. The van der Waals surface area contributed by atoms with Gasteiger partial charge in [0.25, 0.3) is 0 Å². The predicted molar refractivity (Wildman–Crippen MR) is 47.7 cm³/mol. The van der Waals surface area contributed by atoms with Crippen molar-refractivity contribution in [2.75, 3.05) is 13.1 Å². The summed E-state index contributed by atoms with van der Waals surface area (Å²) in [5.41, 5.74) is 0.385. The zero-order chi connectivity index (χ0) is 10.4. The van der Waals surface area contributed by atoms with E-state index in [-0.39, 0.29) is 18.9 Å². The van der Waals surface area contributed by atoms with E-state index in [0.29, 0.717) is 12.1 Å². The molecule has 0 aromatic rings. The van der Waals surface area contributed by atoms with Gasteiger partial charge >= 0.3 is 0 Å². The molecule has 0 atom stereocenters. The third kappa shape index (κ3) is 4.60. The molecule has 0 bridgehead atoms. The van der Waals surface area contributed by atoms with Crippen molar-refractivity contribution in [2.45, 2.75) is 26.7 Å². The van der Waals surface area contributed by atoms with Gasteiger partial charge < -0.3 is 4.90 Å². The minimum absolute atomic E-state index is 0.0971. The van der Waals surface area contributed by atoms with Crippen LogP contribution in [0.5, 0.6) is 0 Å². The van der Waals surface area contributed by atoms with Crippen LogP contribution in [0.25, 0.3) is 0 Å². The van der Waals surface area contributed by atoms with Crippen molar-refractivity contribution in [3.63, 3.8) is 0 Å². The zero-order valence-electron chi connectivity index (χ0n) is 8.02. The van der Waals surface area contributed by atoms with E-state index in [9.17, 15) is 13.6 Å². The van der Waals surface area contributed by atoms with Crippen LogP contribution in [-0.4, -0.2) is 30.3 Å². The van der Waals surface area contributed by atoms with Crippen molar-refractivity contribution in [1.29, 1.82) is 0 Å². The maximum atomic E-state index is 11.8. The van der Waals surface area contributed by atoms with E-state index < -0.39 is 6.43 Å². The fraction of sp³-hybridized carbons (Fsp3) is 0.667. The third-order valence-electron chi connectivity index (χ3n) is 1.65. The molecule has 0 aliphatic heterocycles. The first-order chi connectivity index (χ1) is 5.99. The van der Waals surface area contributed by atoms with Gasteiger partial charge in [-0.25, -0.2) is 8.78 Å². The summed E-state index contributed by atoms with van der Waals surface area (Å²) in [6.45, 7) is 7.35. The fourth-order valence-electron chi connectivity index (χ4n) is 0.927. The second-order valence-electron chi connectivity index (χ2n) is 2.84. The molecule has 0 fully saturated rings. The molecule has 0 N–H and O–H groups in total. The minimum atomic E-state index is -2.35. The predicted octanol–water partition coefficient (Wildman–Crippen LogP) is 2.07. The van der Waals surface area contributed by atoms with E-state index in [1.54, 1.807) is 13.8 Å². The number of carbonyl (C=O) groups is 1. The Bertz CT molecular complexity index is 192. The van der Waals surface area contributed by atoms with E-state index in [4.69, 9.17) is 0 Å². The highest BCUT2D eigenvalue weighted by atomic mass is 19.3. The van der Waals surface area contributed by atoms with Gasteiger partial charge in [0.15, 0.2) is 0 Å². The molecule has 0 aromatic carbocycles. The molecule has 13 heavy (non-hydrogen) atoms. The molecule has 0 radical (unpaired) electrons. The molecule has 0 unspecified atom stereocenters. The lowest BCUT2D eigenvalue weighted by Crippen LogP contribution is -2.32. The van der Waals surface area contributed by atoms with Crippen LogP contribution in [0.4, 0.5) is 8.78 Å². The molecule has 0 heterocycles. The number of hydrogen-bond acceptors (Lipinski definition) is 1. The summed E-state index contributed by atoms with van der Waals surface area (Å²) in [4.78, 5) is 12.6. The smallest absolute Gasteiger partial charge is 0.248 e. The molecule has 2 nitrogen and oxygen atoms in total. The lowest BCUT2D eigenvalue weighted by molar-refractivity contribution is -0.127. The molecule has 0 saturated carbocycles. The molecule has 0 aromatic heterocycles. The summed E-state index contributed by atoms with van der Waals surface area (Å²) in [6.07, 6.45) is -2.63. The lowest BCUT2D eigenvalue weighted by atomic mass is 10.3. The van der Waals surface area contributed by atoms with E-state index in [0.717, 1.165) is 0 Å². The SMILES string of the molecule is C=C(C)C(=O)N(CC)CCC(F)F. The van der Waals surface area contributed by atoms with E-state index in [2.05, 4.69) is 6.58 Å². The van der Waals surface area contributed by atoms with Crippen molar-refractivity contribution >= 4 is 5.91 Å². The van der Waals surface area contributed by atoms with Gasteiger partial charge in [-0.3, -0.25) is 4.79 Å². The summed E-state index contributed by atoms with van der Waals surface area (Å²) in [5.74, 6) is -0.247. The second kappa shape index (κ2) is 5.67. The van der Waals surface area contributed by atoms with Gasteiger partial charge in [-0.2, -0.15) is 0 Å². The van der Waals surface area contributed by atoms with Crippen molar-refractivity contribution in [1.82, 2.24) is 4.90 Å². The largest absolute Gasteiger partial charge is 0.339 e. The molecular formula is C9H15F2NO. The molecule has 1 amide bonds. The fourth-order valence-corrected chi connectivity index (χ4v) is 0.927. The number of halogens is 2. The monoisotopic (exact) mass is 191 g/mol. The summed E-state index contributed by atoms with van der Waals surface area (Å²) in [5, 5.41) is 0. The maximum absolute atomic E-state index is 11.8. The number of hydrogen-bond donors (Lipinski definition) is 0. The molecule has 0 spiro atoms. The number of rotatable bonds is 5. The van der Waals surface area contributed by atoms with Crippen LogP contribution in [-0.2, 0) is 4.79 Å². The van der Waals surface area contributed by atoms with E-state index in [1.165, 1.54) is 4.90 Å². The Hall–Kier alpha value is -0.930. The number of alkyl halides is 2. The van der Waals surface area contributed by atoms with Gasteiger partial charge in [-0.05, 0) is 13.8 Å². The molecule has 0 saturated heterocycles.